The number of anilines is 1. The molecule has 0 radical (unpaired) electrons. The van der Waals surface area contributed by atoms with Crippen LogP contribution in [0.15, 0.2) is 84.8 Å². The Labute approximate surface area is 211 Å². The number of esters is 1. The predicted molar refractivity (Wildman–Crippen MR) is 134 cm³/mol. The third-order valence-corrected chi connectivity index (χ3v) is 6.67. The first-order chi connectivity index (χ1) is 17.7. The van der Waals surface area contributed by atoms with Crippen LogP contribution in [-0.2, 0) is 17.5 Å². The van der Waals surface area contributed by atoms with Crippen molar-refractivity contribution >= 4 is 17.4 Å². The van der Waals surface area contributed by atoms with E-state index in [-0.39, 0.29) is 11.3 Å². The molecule has 0 fully saturated rings. The summed E-state index contributed by atoms with van der Waals surface area (Å²) in [7, 11) is 1.32. The number of ketones is 1. The van der Waals surface area contributed by atoms with Crippen LogP contribution in [0.5, 0.6) is 0 Å². The van der Waals surface area contributed by atoms with Crippen LogP contribution in [0.4, 0.5) is 18.9 Å². The van der Waals surface area contributed by atoms with Crippen LogP contribution in [-0.4, -0.2) is 23.8 Å². The number of hydrogen-bond acceptors (Lipinski definition) is 5. The number of allylic oxidation sites excluding steroid dienone is 1. The highest BCUT2D eigenvalue weighted by Crippen LogP contribution is 2.39. The molecule has 2 aliphatic heterocycles. The standard InChI is InChI=1S/C29H23F3N2O3/c1-17-13-18(9-10-21(17)22-5-3-4-6-24(22)29(30,31)32)27(35)23-11-12-34-16-20-8-7-19(28(36)37-2)14-25(20)33-15-26(23)34/h3-15,23,33H,16H2,1-2H3. The van der Waals surface area contributed by atoms with Crippen molar-refractivity contribution in [1.82, 2.24) is 4.90 Å². The fourth-order valence-corrected chi connectivity index (χ4v) is 4.78. The molecule has 0 saturated carbocycles. The molecule has 0 bridgehead atoms. The summed E-state index contributed by atoms with van der Waals surface area (Å²) in [5.41, 5.74) is 3.64. The lowest BCUT2D eigenvalue weighted by molar-refractivity contribution is -0.137. The van der Waals surface area contributed by atoms with Gasteiger partial charge in [0, 0.05) is 35.9 Å². The number of methoxy groups -OCH3 is 1. The molecule has 0 aromatic heterocycles. The van der Waals surface area contributed by atoms with Crippen molar-refractivity contribution < 1.29 is 27.5 Å². The summed E-state index contributed by atoms with van der Waals surface area (Å²) in [6, 6.07) is 15.5. The lowest BCUT2D eigenvalue weighted by atomic mass is 9.90. The van der Waals surface area contributed by atoms with Crippen molar-refractivity contribution in [3.05, 3.63) is 113 Å². The maximum Gasteiger partial charge on any atom is 0.417 e. The summed E-state index contributed by atoms with van der Waals surface area (Å²) in [6.07, 6.45) is 0.923. The van der Waals surface area contributed by atoms with Crippen molar-refractivity contribution in [3.63, 3.8) is 0 Å². The van der Waals surface area contributed by atoms with E-state index in [9.17, 15) is 22.8 Å². The number of carbonyl (C=O) groups is 2. The van der Waals surface area contributed by atoms with Gasteiger partial charge in [0.15, 0.2) is 5.78 Å². The molecule has 5 rings (SSSR count). The van der Waals surface area contributed by atoms with Crippen LogP contribution in [0.2, 0.25) is 0 Å². The number of halogens is 3. The second-order valence-electron chi connectivity index (χ2n) is 8.96. The monoisotopic (exact) mass is 504 g/mol. The molecule has 2 aliphatic rings. The molecule has 188 valence electrons. The third kappa shape index (κ3) is 4.50. The van der Waals surface area contributed by atoms with Gasteiger partial charge in [-0.05, 0) is 53.4 Å². The summed E-state index contributed by atoms with van der Waals surface area (Å²) < 4.78 is 45.4. The van der Waals surface area contributed by atoms with Crippen molar-refractivity contribution in [2.45, 2.75) is 19.6 Å². The number of carbonyl (C=O) groups excluding carboxylic acids is 2. The number of rotatable bonds is 4. The molecule has 1 atom stereocenters. The summed E-state index contributed by atoms with van der Waals surface area (Å²) >= 11 is 0. The van der Waals surface area contributed by atoms with E-state index in [2.05, 4.69) is 5.32 Å². The molecule has 0 saturated heterocycles. The smallest absolute Gasteiger partial charge is 0.417 e. The van der Waals surface area contributed by atoms with E-state index in [1.54, 1.807) is 49.5 Å². The van der Waals surface area contributed by atoms with Gasteiger partial charge in [-0.2, -0.15) is 13.2 Å². The zero-order valence-electron chi connectivity index (χ0n) is 20.1. The quantitative estimate of drug-likeness (QED) is 0.322. The molecule has 5 nitrogen and oxygen atoms in total. The highest BCUT2D eigenvalue weighted by molar-refractivity contribution is 6.02. The fourth-order valence-electron chi connectivity index (χ4n) is 4.78. The Morgan fingerprint density at radius 3 is 2.49 bits per heavy atom. The molecule has 3 aromatic rings. The highest BCUT2D eigenvalue weighted by atomic mass is 19.4. The number of Topliss-reactive ketones (excluding diaryl/α,β-unsaturated/α-hetero) is 1. The Morgan fingerprint density at radius 1 is 1.00 bits per heavy atom. The fraction of sp³-hybridized carbons (Fsp3) is 0.172. The number of alkyl halides is 3. The minimum atomic E-state index is -4.48. The Hall–Kier alpha value is -4.33. The zero-order valence-corrected chi connectivity index (χ0v) is 20.1. The van der Waals surface area contributed by atoms with Crippen LogP contribution in [0.25, 0.3) is 11.1 Å². The molecule has 2 heterocycles. The van der Waals surface area contributed by atoms with Crippen molar-refractivity contribution in [3.8, 4) is 11.1 Å². The van der Waals surface area contributed by atoms with Gasteiger partial charge in [-0.3, -0.25) is 4.79 Å². The first-order valence-electron chi connectivity index (χ1n) is 11.6. The molecule has 37 heavy (non-hydrogen) atoms. The normalized spacial score (nSPS) is 16.3. The van der Waals surface area contributed by atoms with Crippen molar-refractivity contribution in [2.24, 2.45) is 5.92 Å². The molecule has 0 aliphatic carbocycles. The van der Waals surface area contributed by atoms with Crippen LogP contribution in [0, 0.1) is 12.8 Å². The van der Waals surface area contributed by atoms with E-state index < -0.39 is 23.6 Å². The second kappa shape index (κ2) is 9.28. The number of nitrogens with zero attached hydrogens (tertiary/aromatic N) is 1. The zero-order chi connectivity index (χ0) is 26.3. The predicted octanol–water partition coefficient (Wildman–Crippen LogP) is 6.56. The molecule has 0 amide bonds. The van der Waals surface area contributed by atoms with Gasteiger partial charge in [0.05, 0.1) is 24.2 Å². The van der Waals surface area contributed by atoms with E-state index in [0.717, 1.165) is 23.0 Å². The maximum atomic E-state index is 13.5. The van der Waals surface area contributed by atoms with Crippen LogP contribution >= 0.6 is 0 Å². The third-order valence-electron chi connectivity index (χ3n) is 6.67. The lowest BCUT2D eigenvalue weighted by Gasteiger charge is -2.20. The summed E-state index contributed by atoms with van der Waals surface area (Å²) in [5, 5.41) is 3.20. The Bertz CT molecular complexity index is 1470. The minimum Gasteiger partial charge on any atom is -0.465 e. The number of benzene rings is 3. The molecular formula is C29H23F3N2O3. The largest absolute Gasteiger partial charge is 0.465 e. The first kappa shape index (κ1) is 24.4. The van der Waals surface area contributed by atoms with Gasteiger partial charge in [0.1, 0.15) is 0 Å². The van der Waals surface area contributed by atoms with Crippen LogP contribution < -0.4 is 5.32 Å². The molecule has 8 heteroatoms. The Morgan fingerprint density at radius 2 is 1.76 bits per heavy atom. The molecular weight excluding hydrogens is 481 g/mol. The van der Waals surface area contributed by atoms with Crippen LogP contribution in [0.3, 0.4) is 0 Å². The summed E-state index contributed by atoms with van der Waals surface area (Å²) in [6.45, 7) is 2.21. The van der Waals surface area contributed by atoms with E-state index in [4.69, 9.17) is 4.74 Å². The minimum absolute atomic E-state index is 0.0817. The molecule has 0 spiro atoms. The lowest BCUT2D eigenvalue weighted by Crippen LogP contribution is -2.20. The first-order valence-corrected chi connectivity index (χ1v) is 11.6. The van der Waals surface area contributed by atoms with Gasteiger partial charge in [-0.25, -0.2) is 4.79 Å². The number of hydrogen-bond donors (Lipinski definition) is 1. The maximum absolute atomic E-state index is 13.5. The summed E-state index contributed by atoms with van der Waals surface area (Å²) in [4.78, 5) is 27.4. The molecule has 1 unspecified atom stereocenters. The van der Waals surface area contributed by atoms with E-state index in [1.165, 1.54) is 19.2 Å². The topological polar surface area (TPSA) is 58.6 Å². The average molecular weight is 505 g/mol. The van der Waals surface area contributed by atoms with Gasteiger partial charge in [0.25, 0.3) is 0 Å². The van der Waals surface area contributed by atoms with Gasteiger partial charge >= 0.3 is 12.1 Å². The second-order valence-corrected chi connectivity index (χ2v) is 8.96. The van der Waals surface area contributed by atoms with Crippen molar-refractivity contribution in [2.75, 3.05) is 12.4 Å². The van der Waals surface area contributed by atoms with Crippen molar-refractivity contribution in [1.29, 1.82) is 0 Å². The Balaban J connectivity index is 1.42. The highest BCUT2D eigenvalue weighted by Gasteiger charge is 2.34. The number of nitrogens with one attached hydrogen (secondary N) is 1. The molecule has 1 N–H and O–H groups in total. The van der Waals surface area contributed by atoms with E-state index >= 15 is 0 Å². The van der Waals surface area contributed by atoms with E-state index in [1.807, 2.05) is 23.2 Å². The number of fused-ring (bicyclic) bond motifs is 2. The van der Waals surface area contributed by atoms with Gasteiger partial charge in [0.2, 0.25) is 0 Å². The Kier molecular flexibility index (Phi) is 6.11. The van der Waals surface area contributed by atoms with Gasteiger partial charge < -0.3 is 15.0 Å². The van der Waals surface area contributed by atoms with Gasteiger partial charge in [-0.1, -0.05) is 42.5 Å². The SMILES string of the molecule is COC(=O)c1ccc2c(c1)NC=C1C(C(=O)c3ccc(-c4ccccc4C(F)(F)F)c(C)c3)C=CN1C2. The van der Waals surface area contributed by atoms with Crippen LogP contribution in [0.1, 0.15) is 37.4 Å². The van der Waals surface area contributed by atoms with Gasteiger partial charge in [-0.15, -0.1) is 0 Å². The molecule has 3 aromatic carbocycles. The number of ether oxygens (including phenoxy) is 1. The average Bonchev–Trinajstić information content (AvgIpc) is 3.19. The van der Waals surface area contributed by atoms with E-state index in [0.29, 0.717) is 28.8 Å². The number of aryl methyl sites for hydroxylation is 1. The summed E-state index contributed by atoms with van der Waals surface area (Å²) in [5.74, 6) is -1.16.